The number of hydrogen-bond acceptors (Lipinski definition) is 2. The van der Waals surface area contributed by atoms with E-state index < -0.39 is 0 Å². The molecule has 0 saturated carbocycles. The van der Waals surface area contributed by atoms with Gasteiger partial charge in [-0.1, -0.05) is 20.3 Å². The van der Waals surface area contributed by atoms with E-state index >= 15 is 0 Å². The SMILES string of the molecule is CCCNCC(CC)Cc1ccco1. The summed E-state index contributed by atoms with van der Waals surface area (Å²) in [6.07, 6.45) is 5.22. The summed E-state index contributed by atoms with van der Waals surface area (Å²) >= 11 is 0. The van der Waals surface area contributed by atoms with Crippen LogP contribution in [-0.2, 0) is 6.42 Å². The lowest BCUT2D eigenvalue weighted by Gasteiger charge is -2.13. The van der Waals surface area contributed by atoms with Gasteiger partial charge in [0, 0.05) is 6.42 Å². The summed E-state index contributed by atoms with van der Waals surface area (Å²) in [5.41, 5.74) is 0. The van der Waals surface area contributed by atoms with Crippen molar-refractivity contribution >= 4 is 0 Å². The van der Waals surface area contributed by atoms with E-state index in [4.69, 9.17) is 4.42 Å². The van der Waals surface area contributed by atoms with Gasteiger partial charge in [0.15, 0.2) is 0 Å². The zero-order chi connectivity index (χ0) is 10.2. The van der Waals surface area contributed by atoms with E-state index in [1.54, 1.807) is 6.26 Å². The number of nitrogens with one attached hydrogen (secondary N) is 1. The van der Waals surface area contributed by atoms with Crippen molar-refractivity contribution in [1.29, 1.82) is 0 Å². The molecular formula is C12H21NO. The van der Waals surface area contributed by atoms with Crippen molar-refractivity contribution in [1.82, 2.24) is 5.32 Å². The molecule has 1 heterocycles. The molecule has 0 saturated heterocycles. The number of furan rings is 1. The van der Waals surface area contributed by atoms with Crippen molar-refractivity contribution < 1.29 is 4.42 Å². The molecule has 0 aliphatic carbocycles. The van der Waals surface area contributed by atoms with Crippen LogP contribution < -0.4 is 5.32 Å². The highest BCUT2D eigenvalue weighted by Crippen LogP contribution is 2.11. The molecule has 0 aliphatic rings. The van der Waals surface area contributed by atoms with Crippen LogP contribution in [0.2, 0.25) is 0 Å². The Balaban J connectivity index is 2.24. The van der Waals surface area contributed by atoms with E-state index in [9.17, 15) is 0 Å². The Kier molecular flexibility index (Phi) is 5.38. The van der Waals surface area contributed by atoms with Crippen LogP contribution in [0.15, 0.2) is 22.8 Å². The van der Waals surface area contributed by atoms with Crippen molar-refractivity contribution in [2.24, 2.45) is 5.92 Å². The normalized spacial score (nSPS) is 13.0. The Morgan fingerprint density at radius 3 is 2.86 bits per heavy atom. The Morgan fingerprint density at radius 2 is 2.29 bits per heavy atom. The number of rotatable bonds is 7. The van der Waals surface area contributed by atoms with Crippen molar-refractivity contribution in [3.8, 4) is 0 Å². The van der Waals surface area contributed by atoms with Gasteiger partial charge < -0.3 is 9.73 Å². The Hall–Kier alpha value is -0.760. The summed E-state index contributed by atoms with van der Waals surface area (Å²) in [5, 5.41) is 3.46. The molecule has 0 aliphatic heterocycles. The van der Waals surface area contributed by atoms with Gasteiger partial charge in [-0.2, -0.15) is 0 Å². The van der Waals surface area contributed by atoms with Crippen molar-refractivity contribution in [2.45, 2.75) is 33.1 Å². The maximum absolute atomic E-state index is 5.34. The highest BCUT2D eigenvalue weighted by atomic mass is 16.3. The first kappa shape index (κ1) is 11.3. The molecular weight excluding hydrogens is 174 g/mol. The monoisotopic (exact) mass is 195 g/mol. The summed E-state index contributed by atoms with van der Waals surface area (Å²) in [6, 6.07) is 4.02. The first-order valence-electron chi connectivity index (χ1n) is 5.59. The third kappa shape index (κ3) is 3.97. The summed E-state index contributed by atoms with van der Waals surface area (Å²) in [7, 11) is 0. The lowest BCUT2D eigenvalue weighted by atomic mass is 10.0. The maximum Gasteiger partial charge on any atom is 0.104 e. The molecule has 2 nitrogen and oxygen atoms in total. The lowest BCUT2D eigenvalue weighted by Crippen LogP contribution is -2.24. The molecule has 1 rings (SSSR count). The van der Waals surface area contributed by atoms with E-state index in [-0.39, 0.29) is 0 Å². The van der Waals surface area contributed by atoms with Gasteiger partial charge >= 0.3 is 0 Å². The second-order valence-electron chi connectivity index (χ2n) is 3.76. The van der Waals surface area contributed by atoms with Crippen LogP contribution in [0, 0.1) is 5.92 Å². The first-order chi connectivity index (χ1) is 6.86. The average Bonchev–Trinajstić information content (AvgIpc) is 2.69. The second-order valence-corrected chi connectivity index (χ2v) is 3.76. The van der Waals surface area contributed by atoms with E-state index in [2.05, 4.69) is 25.2 Å². The zero-order valence-electron chi connectivity index (χ0n) is 9.25. The fourth-order valence-corrected chi connectivity index (χ4v) is 1.56. The van der Waals surface area contributed by atoms with Crippen LogP contribution in [0.1, 0.15) is 32.4 Å². The summed E-state index contributed by atoms with van der Waals surface area (Å²) in [6.45, 7) is 6.65. The average molecular weight is 195 g/mol. The summed E-state index contributed by atoms with van der Waals surface area (Å²) in [5.74, 6) is 1.81. The maximum atomic E-state index is 5.34. The van der Waals surface area contributed by atoms with Gasteiger partial charge in [0.25, 0.3) is 0 Å². The number of hydrogen-bond donors (Lipinski definition) is 1. The zero-order valence-corrected chi connectivity index (χ0v) is 9.25. The van der Waals surface area contributed by atoms with Crippen LogP contribution in [0.25, 0.3) is 0 Å². The molecule has 80 valence electrons. The third-order valence-electron chi connectivity index (χ3n) is 2.51. The molecule has 0 bridgehead atoms. The van der Waals surface area contributed by atoms with Gasteiger partial charge in [-0.25, -0.2) is 0 Å². The molecule has 1 aromatic heterocycles. The van der Waals surface area contributed by atoms with Gasteiger partial charge in [-0.05, 0) is 37.6 Å². The van der Waals surface area contributed by atoms with Crippen LogP contribution in [-0.4, -0.2) is 13.1 Å². The highest BCUT2D eigenvalue weighted by Gasteiger charge is 2.08. The predicted octanol–water partition coefficient (Wildman–Crippen LogP) is 2.85. The molecule has 1 unspecified atom stereocenters. The fourth-order valence-electron chi connectivity index (χ4n) is 1.56. The quantitative estimate of drug-likeness (QED) is 0.677. The van der Waals surface area contributed by atoms with Gasteiger partial charge in [-0.15, -0.1) is 0 Å². The van der Waals surface area contributed by atoms with Gasteiger partial charge in [0.1, 0.15) is 5.76 Å². The van der Waals surface area contributed by atoms with Crippen molar-refractivity contribution in [3.05, 3.63) is 24.2 Å². The molecule has 2 heteroatoms. The minimum Gasteiger partial charge on any atom is -0.469 e. The Labute approximate surface area is 86.7 Å². The van der Waals surface area contributed by atoms with Gasteiger partial charge in [-0.3, -0.25) is 0 Å². The molecule has 0 fully saturated rings. The van der Waals surface area contributed by atoms with Crippen LogP contribution in [0.4, 0.5) is 0 Å². The van der Waals surface area contributed by atoms with Crippen LogP contribution in [0.3, 0.4) is 0 Å². The van der Waals surface area contributed by atoms with E-state index in [0.29, 0.717) is 5.92 Å². The minimum absolute atomic E-state index is 0.702. The van der Waals surface area contributed by atoms with Crippen molar-refractivity contribution in [2.75, 3.05) is 13.1 Å². The second kappa shape index (κ2) is 6.66. The van der Waals surface area contributed by atoms with E-state index in [1.165, 1.54) is 12.8 Å². The minimum atomic E-state index is 0.702. The smallest absolute Gasteiger partial charge is 0.104 e. The molecule has 0 spiro atoms. The van der Waals surface area contributed by atoms with E-state index in [0.717, 1.165) is 25.3 Å². The van der Waals surface area contributed by atoms with Gasteiger partial charge in [0.2, 0.25) is 0 Å². The standard InChI is InChI=1S/C12H21NO/c1-3-7-13-10-11(4-2)9-12-6-5-8-14-12/h5-6,8,11,13H,3-4,7,9-10H2,1-2H3. The topological polar surface area (TPSA) is 25.2 Å². The molecule has 1 atom stereocenters. The molecule has 14 heavy (non-hydrogen) atoms. The summed E-state index contributed by atoms with van der Waals surface area (Å²) < 4.78 is 5.34. The third-order valence-corrected chi connectivity index (χ3v) is 2.51. The Morgan fingerprint density at radius 1 is 1.43 bits per heavy atom. The highest BCUT2D eigenvalue weighted by molar-refractivity contribution is 4.99. The predicted molar refractivity (Wildman–Crippen MR) is 59.4 cm³/mol. The van der Waals surface area contributed by atoms with Crippen LogP contribution in [0.5, 0.6) is 0 Å². The van der Waals surface area contributed by atoms with Crippen molar-refractivity contribution in [3.63, 3.8) is 0 Å². The summed E-state index contributed by atoms with van der Waals surface area (Å²) in [4.78, 5) is 0. The lowest BCUT2D eigenvalue weighted by molar-refractivity contribution is 0.409. The molecule has 0 amide bonds. The molecule has 0 radical (unpaired) electrons. The first-order valence-corrected chi connectivity index (χ1v) is 5.59. The fraction of sp³-hybridized carbons (Fsp3) is 0.667. The molecule has 1 aromatic rings. The largest absolute Gasteiger partial charge is 0.469 e. The van der Waals surface area contributed by atoms with Crippen LogP contribution >= 0.6 is 0 Å². The molecule has 1 N–H and O–H groups in total. The Bertz CT molecular complexity index is 218. The van der Waals surface area contributed by atoms with Gasteiger partial charge in [0.05, 0.1) is 6.26 Å². The molecule has 0 aromatic carbocycles. The van der Waals surface area contributed by atoms with E-state index in [1.807, 2.05) is 6.07 Å².